The molecule has 0 saturated heterocycles. The van der Waals surface area contributed by atoms with Crippen LogP contribution in [0.4, 0.5) is 0 Å². The van der Waals surface area contributed by atoms with Gasteiger partial charge < -0.3 is 9.88 Å². The molecule has 0 atom stereocenters. The van der Waals surface area contributed by atoms with E-state index in [1.54, 1.807) is 0 Å². The Morgan fingerprint density at radius 1 is 0.906 bits per heavy atom. The highest BCUT2D eigenvalue weighted by molar-refractivity contribution is 5.96. The number of benzene rings is 3. The van der Waals surface area contributed by atoms with Crippen molar-refractivity contribution in [1.82, 2.24) is 14.9 Å². The van der Waals surface area contributed by atoms with Crippen molar-refractivity contribution in [3.05, 3.63) is 113 Å². The van der Waals surface area contributed by atoms with Crippen LogP contribution in [0.5, 0.6) is 0 Å². The van der Waals surface area contributed by atoms with Crippen LogP contribution < -0.4 is 5.32 Å². The first-order valence-corrected chi connectivity index (χ1v) is 11.0. The van der Waals surface area contributed by atoms with Crippen LogP contribution in [0, 0.1) is 20.8 Å². The number of aryl methyl sites for hydroxylation is 3. The minimum atomic E-state index is -0.0390. The molecule has 4 nitrogen and oxygen atoms in total. The van der Waals surface area contributed by atoms with Crippen LogP contribution in [0.1, 0.15) is 38.3 Å². The largest absolute Gasteiger partial charge is 0.352 e. The van der Waals surface area contributed by atoms with E-state index in [1.807, 2.05) is 31.6 Å². The molecule has 0 bridgehead atoms. The number of amides is 1. The van der Waals surface area contributed by atoms with Gasteiger partial charge in [-0.1, -0.05) is 71.8 Å². The third kappa shape index (κ3) is 5.14. The van der Waals surface area contributed by atoms with E-state index in [-0.39, 0.29) is 5.91 Å². The second-order valence-corrected chi connectivity index (χ2v) is 8.40. The van der Waals surface area contributed by atoms with Crippen molar-refractivity contribution in [1.29, 1.82) is 0 Å². The Morgan fingerprint density at radius 2 is 1.69 bits per heavy atom. The summed E-state index contributed by atoms with van der Waals surface area (Å²) < 4.78 is 2.14. The molecular weight excluding hydrogens is 394 g/mol. The lowest BCUT2D eigenvalue weighted by Crippen LogP contribution is -2.27. The van der Waals surface area contributed by atoms with Gasteiger partial charge in [-0.25, -0.2) is 4.98 Å². The van der Waals surface area contributed by atoms with Crippen molar-refractivity contribution in [2.75, 3.05) is 6.54 Å². The number of nitrogens with one attached hydrogen (secondary N) is 1. The minimum Gasteiger partial charge on any atom is -0.352 e. The van der Waals surface area contributed by atoms with E-state index in [9.17, 15) is 4.79 Å². The summed E-state index contributed by atoms with van der Waals surface area (Å²) in [5, 5.41) is 3.06. The van der Waals surface area contributed by atoms with Crippen LogP contribution in [0.3, 0.4) is 0 Å². The Morgan fingerprint density at radius 3 is 2.44 bits per heavy atom. The van der Waals surface area contributed by atoms with E-state index in [4.69, 9.17) is 0 Å². The fourth-order valence-electron chi connectivity index (χ4n) is 3.91. The Balaban J connectivity index is 1.36. The van der Waals surface area contributed by atoms with Gasteiger partial charge in [0, 0.05) is 37.0 Å². The molecule has 162 valence electrons. The smallest absolute Gasteiger partial charge is 0.251 e. The van der Waals surface area contributed by atoms with E-state index < -0.39 is 0 Å². The average molecular weight is 424 g/mol. The maximum absolute atomic E-state index is 12.8. The van der Waals surface area contributed by atoms with Crippen molar-refractivity contribution in [2.45, 2.75) is 33.7 Å². The fourth-order valence-corrected chi connectivity index (χ4v) is 3.91. The van der Waals surface area contributed by atoms with Gasteiger partial charge in [0.15, 0.2) is 0 Å². The number of aromatic nitrogens is 2. The maximum Gasteiger partial charge on any atom is 0.251 e. The van der Waals surface area contributed by atoms with Crippen molar-refractivity contribution in [3.8, 4) is 11.1 Å². The molecule has 3 aromatic carbocycles. The topological polar surface area (TPSA) is 46.9 Å². The second-order valence-electron chi connectivity index (χ2n) is 8.40. The SMILES string of the molecule is Cc1ccc(Cn2cncc2CCNC(=O)c2ccc(-c3cccc(C)c3)cc2C)cc1. The standard InChI is InChI=1S/C28H29N3O/c1-20-7-9-23(10-8-20)18-31-19-29-17-26(31)13-14-30-28(32)27-12-11-25(16-22(27)3)24-6-4-5-21(2)15-24/h4-12,15-17,19H,13-14,18H2,1-3H3,(H,30,32). The summed E-state index contributed by atoms with van der Waals surface area (Å²) in [6, 6.07) is 23.0. The summed E-state index contributed by atoms with van der Waals surface area (Å²) in [5.74, 6) is -0.0390. The van der Waals surface area contributed by atoms with Gasteiger partial charge >= 0.3 is 0 Å². The molecule has 0 spiro atoms. The summed E-state index contributed by atoms with van der Waals surface area (Å²) in [7, 11) is 0. The number of hydrogen-bond donors (Lipinski definition) is 1. The van der Waals surface area contributed by atoms with Gasteiger partial charge in [0.1, 0.15) is 0 Å². The summed E-state index contributed by atoms with van der Waals surface area (Å²) in [6.07, 6.45) is 4.46. The molecule has 0 aliphatic rings. The highest BCUT2D eigenvalue weighted by atomic mass is 16.1. The molecule has 1 heterocycles. The third-order valence-electron chi connectivity index (χ3n) is 5.76. The molecule has 32 heavy (non-hydrogen) atoms. The first-order valence-electron chi connectivity index (χ1n) is 11.0. The lowest BCUT2D eigenvalue weighted by molar-refractivity contribution is 0.0953. The molecule has 4 heteroatoms. The highest BCUT2D eigenvalue weighted by Crippen LogP contribution is 2.23. The van der Waals surface area contributed by atoms with Crippen LogP contribution in [-0.2, 0) is 13.0 Å². The highest BCUT2D eigenvalue weighted by Gasteiger charge is 2.11. The van der Waals surface area contributed by atoms with E-state index in [0.717, 1.165) is 35.3 Å². The zero-order valence-electron chi connectivity index (χ0n) is 18.9. The van der Waals surface area contributed by atoms with Crippen LogP contribution in [0.2, 0.25) is 0 Å². The monoisotopic (exact) mass is 423 g/mol. The first-order chi connectivity index (χ1) is 15.5. The van der Waals surface area contributed by atoms with Gasteiger partial charge in [-0.15, -0.1) is 0 Å². The quantitative estimate of drug-likeness (QED) is 0.427. The molecule has 4 aromatic rings. The molecule has 0 saturated carbocycles. The second kappa shape index (κ2) is 9.65. The lowest BCUT2D eigenvalue weighted by atomic mass is 9.98. The zero-order chi connectivity index (χ0) is 22.5. The van der Waals surface area contributed by atoms with Gasteiger partial charge in [0.05, 0.1) is 6.33 Å². The molecule has 0 fully saturated rings. The molecule has 0 aliphatic heterocycles. The minimum absolute atomic E-state index is 0.0390. The number of rotatable bonds is 7. The molecule has 1 N–H and O–H groups in total. The molecule has 1 aromatic heterocycles. The lowest BCUT2D eigenvalue weighted by Gasteiger charge is -2.11. The van der Waals surface area contributed by atoms with Crippen LogP contribution >= 0.6 is 0 Å². The van der Waals surface area contributed by atoms with Crippen molar-refractivity contribution in [2.24, 2.45) is 0 Å². The fraction of sp³-hybridized carbons (Fsp3) is 0.214. The molecule has 1 amide bonds. The van der Waals surface area contributed by atoms with E-state index in [2.05, 4.69) is 83.3 Å². The third-order valence-corrected chi connectivity index (χ3v) is 5.76. The molecular formula is C28H29N3O. The molecule has 0 radical (unpaired) electrons. The predicted molar refractivity (Wildman–Crippen MR) is 130 cm³/mol. The summed E-state index contributed by atoms with van der Waals surface area (Å²) >= 11 is 0. The number of imidazole rings is 1. The van der Waals surface area contributed by atoms with Crippen molar-refractivity contribution in [3.63, 3.8) is 0 Å². The van der Waals surface area contributed by atoms with Crippen LogP contribution in [-0.4, -0.2) is 22.0 Å². The number of nitrogens with zero attached hydrogens (tertiary/aromatic N) is 2. The predicted octanol–water partition coefficient (Wildman–Crippen LogP) is 5.50. The zero-order valence-corrected chi connectivity index (χ0v) is 18.9. The Hall–Kier alpha value is -3.66. The summed E-state index contributed by atoms with van der Waals surface area (Å²) in [6.45, 7) is 7.52. The van der Waals surface area contributed by atoms with Gasteiger partial charge in [0.2, 0.25) is 0 Å². The van der Waals surface area contributed by atoms with Gasteiger partial charge in [-0.2, -0.15) is 0 Å². The molecule has 4 rings (SSSR count). The van der Waals surface area contributed by atoms with Gasteiger partial charge in [-0.3, -0.25) is 4.79 Å². The summed E-state index contributed by atoms with van der Waals surface area (Å²) in [5.41, 5.74) is 8.82. The number of hydrogen-bond acceptors (Lipinski definition) is 2. The molecule has 0 unspecified atom stereocenters. The van der Waals surface area contributed by atoms with E-state index in [0.29, 0.717) is 6.54 Å². The van der Waals surface area contributed by atoms with Crippen molar-refractivity contribution >= 4 is 5.91 Å². The normalized spacial score (nSPS) is 10.8. The Kier molecular flexibility index (Phi) is 6.50. The van der Waals surface area contributed by atoms with Crippen LogP contribution in [0.25, 0.3) is 11.1 Å². The van der Waals surface area contributed by atoms with E-state index >= 15 is 0 Å². The summed E-state index contributed by atoms with van der Waals surface area (Å²) in [4.78, 5) is 17.1. The molecule has 0 aliphatic carbocycles. The number of carbonyl (C=O) groups is 1. The van der Waals surface area contributed by atoms with Gasteiger partial charge in [0.25, 0.3) is 5.91 Å². The number of carbonyl (C=O) groups excluding carboxylic acids is 1. The van der Waals surface area contributed by atoms with Crippen LogP contribution in [0.15, 0.2) is 79.3 Å². The maximum atomic E-state index is 12.8. The Labute approximate surface area is 190 Å². The van der Waals surface area contributed by atoms with Gasteiger partial charge in [-0.05, 0) is 49.1 Å². The van der Waals surface area contributed by atoms with E-state index in [1.165, 1.54) is 22.3 Å². The first kappa shape index (κ1) is 21.6. The Bertz CT molecular complexity index is 1220. The van der Waals surface area contributed by atoms with Crippen molar-refractivity contribution < 1.29 is 4.79 Å². The average Bonchev–Trinajstić information content (AvgIpc) is 3.22.